The van der Waals surface area contributed by atoms with Crippen LogP contribution in [0.25, 0.3) is 0 Å². The summed E-state index contributed by atoms with van der Waals surface area (Å²) in [5.41, 5.74) is 6.90. The summed E-state index contributed by atoms with van der Waals surface area (Å²) in [6.45, 7) is 4.31. The fourth-order valence-electron chi connectivity index (χ4n) is 0.878. The highest BCUT2D eigenvalue weighted by atomic mass is 14.6. The molecule has 1 heteroatoms. The van der Waals surface area contributed by atoms with Crippen LogP contribution in [-0.4, -0.2) is 0 Å². The van der Waals surface area contributed by atoms with Gasteiger partial charge in [-0.2, -0.15) is 0 Å². The quantitative estimate of drug-likeness (QED) is 0.522. The van der Waals surface area contributed by atoms with E-state index in [4.69, 9.17) is 5.73 Å². The molecule has 0 unspecified atom stereocenters. The van der Waals surface area contributed by atoms with Crippen molar-refractivity contribution in [2.45, 2.75) is 20.3 Å². The molecular weight excluding hydrogens is 110 g/mol. The van der Waals surface area contributed by atoms with Crippen LogP contribution in [0, 0.1) is 5.41 Å². The molecule has 50 valence electrons. The lowest BCUT2D eigenvalue weighted by Gasteiger charge is -2.25. The van der Waals surface area contributed by atoms with Gasteiger partial charge < -0.3 is 5.73 Å². The fourth-order valence-corrected chi connectivity index (χ4v) is 0.878. The van der Waals surface area contributed by atoms with E-state index in [1.807, 2.05) is 12.2 Å². The van der Waals surface area contributed by atoms with Gasteiger partial charge >= 0.3 is 0 Å². The summed E-state index contributed by atoms with van der Waals surface area (Å²) in [5, 5.41) is 0. The summed E-state index contributed by atoms with van der Waals surface area (Å²) in [7, 11) is 0. The molecule has 1 rings (SSSR count). The topological polar surface area (TPSA) is 26.0 Å². The van der Waals surface area contributed by atoms with Crippen molar-refractivity contribution in [3.8, 4) is 0 Å². The van der Waals surface area contributed by atoms with Crippen molar-refractivity contribution in [3.05, 3.63) is 23.9 Å². The highest BCUT2D eigenvalue weighted by Crippen LogP contribution is 2.29. The lowest BCUT2D eigenvalue weighted by atomic mass is 9.83. The van der Waals surface area contributed by atoms with Crippen molar-refractivity contribution in [3.63, 3.8) is 0 Å². The molecule has 0 spiro atoms. The Kier molecular flexibility index (Phi) is 1.35. The Bertz CT molecular complexity index is 163. The Labute approximate surface area is 56.2 Å². The Hall–Kier alpha value is -0.720. The van der Waals surface area contributed by atoms with Crippen molar-refractivity contribution in [2.75, 3.05) is 0 Å². The maximum Gasteiger partial charge on any atom is 0.0141 e. The lowest BCUT2D eigenvalue weighted by Crippen LogP contribution is -2.21. The maximum absolute atomic E-state index is 5.72. The van der Waals surface area contributed by atoms with E-state index in [-0.39, 0.29) is 5.41 Å². The molecule has 0 saturated carbocycles. The molecule has 0 aromatic heterocycles. The van der Waals surface area contributed by atoms with Crippen molar-refractivity contribution < 1.29 is 0 Å². The molecule has 0 amide bonds. The van der Waals surface area contributed by atoms with E-state index in [1.54, 1.807) is 0 Å². The van der Waals surface area contributed by atoms with Crippen LogP contribution in [0.2, 0.25) is 0 Å². The molecule has 1 nitrogen and oxygen atoms in total. The van der Waals surface area contributed by atoms with Gasteiger partial charge in [-0.3, -0.25) is 0 Å². The maximum atomic E-state index is 5.72. The molecule has 0 heterocycles. The molecule has 0 aliphatic heterocycles. The van der Waals surface area contributed by atoms with Crippen LogP contribution in [0.3, 0.4) is 0 Å². The Morgan fingerprint density at radius 3 is 2.56 bits per heavy atom. The third-order valence-electron chi connectivity index (χ3n) is 1.82. The molecule has 0 bridgehead atoms. The highest BCUT2D eigenvalue weighted by Gasteiger charge is 2.20. The van der Waals surface area contributed by atoms with Crippen LogP contribution in [-0.2, 0) is 0 Å². The summed E-state index contributed by atoms with van der Waals surface area (Å²) in [6, 6.07) is 0. The van der Waals surface area contributed by atoms with Crippen molar-refractivity contribution >= 4 is 0 Å². The Morgan fingerprint density at radius 2 is 2.22 bits per heavy atom. The Balaban J connectivity index is 2.83. The van der Waals surface area contributed by atoms with E-state index >= 15 is 0 Å². The van der Waals surface area contributed by atoms with Crippen LogP contribution in [0.5, 0.6) is 0 Å². The molecule has 0 radical (unpaired) electrons. The predicted molar refractivity (Wildman–Crippen MR) is 39.8 cm³/mol. The lowest BCUT2D eigenvalue weighted by molar-refractivity contribution is 0.443. The predicted octanol–water partition coefficient (Wildman–Crippen LogP) is 1.82. The molecule has 2 N–H and O–H groups in total. The number of allylic oxidation sites excluding steroid dienone is 4. The van der Waals surface area contributed by atoms with Crippen LogP contribution < -0.4 is 5.73 Å². The summed E-state index contributed by atoms with van der Waals surface area (Å²) in [4.78, 5) is 0. The van der Waals surface area contributed by atoms with Gasteiger partial charge in [0.05, 0.1) is 0 Å². The van der Waals surface area contributed by atoms with Crippen LogP contribution in [0.15, 0.2) is 23.9 Å². The van der Waals surface area contributed by atoms with E-state index in [1.165, 1.54) is 0 Å². The zero-order chi connectivity index (χ0) is 6.91. The van der Waals surface area contributed by atoms with Gasteiger partial charge in [-0.05, 0) is 12.5 Å². The highest BCUT2D eigenvalue weighted by molar-refractivity contribution is 5.21. The van der Waals surface area contributed by atoms with Crippen LogP contribution >= 0.6 is 0 Å². The van der Waals surface area contributed by atoms with Crippen molar-refractivity contribution in [1.29, 1.82) is 0 Å². The molecule has 0 saturated heterocycles. The van der Waals surface area contributed by atoms with E-state index < -0.39 is 0 Å². The Morgan fingerprint density at radius 1 is 1.56 bits per heavy atom. The van der Waals surface area contributed by atoms with E-state index in [2.05, 4.69) is 19.9 Å². The second-order valence-corrected chi connectivity index (χ2v) is 3.14. The molecule has 9 heavy (non-hydrogen) atoms. The van der Waals surface area contributed by atoms with E-state index in [9.17, 15) is 0 Å². The number of rotatable bonds is 0. The normalized spacial score (nSPS) is 23.6. The van der Waals surface area contributed by atoms with Gasteiger partial charge in [-0.15, -0.1) is 0 Å². The zero-order valence-corrected chi connectivity index (χ0v) is 6.02. The van der Waals surface area contributed by atoms with Gasteiger partial charge in [0.15, 0.2) is 0 Å². The monoisotopic (exact) mass is 123 g/mol. The van der Waals surface area contributed by atoms with E-state index in [0.29, 0.717) is 0 Å². The van der Waals surface area contributed by atoms with Gasteiger partial charge in [0.1, 0.15) is 0 Å². The van der Waals surface area contributed by atoms with Gasteiger partial charge in [-0.1, -0.05) is 26.0 Å². The standard InChI is InChI=1S/C8H13N/c1-8(2)6-4-3-5-7(8)9/h3-5H,6,9H2,1-2H3. The number of nitrogens with two attached hydrogens (primary N) is 1. The number of hydrogen-bond acceptors (Lipinski definition) is 1. The summed E-state index contributed by atoms with van der Waals surface area (Å²) in [5.74, 6) is 0. The molecule has 0 aromatic rings. The first-order valence-electron chi connectivity index (χ1n) is 3.26. The second kappa shape index (κ2) is 1.90. The average molecular weight is 123 g/mol. The summed E-state index contributed by atoms with van der Waals surface area (Å²) in [6.07, 6.45) is 7.20. The van der Waals surface area contributed by atoms with Crippen LogP contribution in [0.4, 0.5) is 0 Å². The van der Waals surface area contributed by atoms with Gasteiger partial charge in [0.2, 0.25) is 0 Å². The molecule has 1 aliphatic rings. The fraction of sp³-hybridized carbons (Fsp3) is 0.500. The minimum Gasteiger partial charge on any atom is -0.402 e. The third kappa shape index (κ3) is 1.15. The first kappa shape index (κ1) is 6.40. The molecule has 1 aliphatic carbocycles. The third-order valence-corrected chi connectivity index (χ3v) is 1.82. The first-order chi connectivity index (χ1) is 4.13. The first-order valence-corrected chi connectivity index (χ1v) is 3.26. The SMILES string of the molecule is CC1(C)CC=CC=C1N. The molecular formula is C8H13N. The smallest absolute Gasteiger partial charge is 0.0141 e. The van der Waals surface area contributed by atoms with Gasteiger partial charge in [0, 0.05) is 11.1 Å². The minimum atomic E-state index is 0.189. The van der Waals surface area contributed by atoms with Crippen molar-refractivity contribution in [1.82, 2.24) is 0 Å². The average Bonchev–Trinajstić information content (AvgIpc) is 1.77. The van der Waals surface area contributed by atoms with Crippen molar-refractivity contribution in [2.24, 2.45) is 11.1 Å². The number of hydrogen-bond donors (Lipinski definition) is 1. The summed E-state index contributed by atoms with van der Waals surface area (Å²) >= 11 is 0. The molecule has 0 fully saturated rings. The minimum absolute atomic E-state index is 0.189. The zero-order valence-electron chi connectivity index (χ0n) is 6.02. The van der Waals surface area contributed by atoms with E-state index in [0.717, 1.165) is 12.1 Å². The van der Waals surface area contributed by atoms with Gasteiger partial charge in [0.25, 0.3) is 0 Å². The van der Waals surface area contributed by atoms with Crippen LogP contribution in [0.1, 0.15) is 20.3 Å². The summed E-state index contributed by atoms with van der Waals surface area (Å²) < 4.78 is 0. The largest absolute Gasteiger partial charge is 0.402 e. The molecule has 0 atom stereocenters. The van der Waals surface area contributed by atoms with Gasteiger partial charge in [-0.25, -0.2) is 0 Å². The molecule has 0 aromatic carbocycles. The second-order valence-electron chi connectivity index (χ2n) is 3.14.